The minimum atomic E-state index is -4.10. The Labute approximate surface area is 130 Å². The molecule has 0 unspecified atom stereocenters. The maximum absolute atomic E-state index is 12.1. The van der Waals surface area contributed by atoms with Gasteiger partial charge in [0.15, 0.2) is 9.84 Å². The number of amides is 1. The SMILES string of the molecule is C/C(=C\C(=O)NS(=O)(=O)c1cccc(S(C)(=O)=O)c1)C1CC1. The summed E-state index contributed by atoms with van der Waals surface area (Å²) in [6, 6.07) is 4.89. The van der Waals surface area contributed by atoms with Crippen molar-refractivity contribution in [3.05, 3.63) is 35.9 Å². The van der Waals surface area contributed by atoms with Crippen LogP contribution in [0.25, 0.3) is 0 Å². The Hall–Kier alpha value is -1.67. The zero-order valence-corrected chi connectivity index (χ0v) is 13.9. The molecule has 0 heterocycles. The van der Waals surface area contributed by atoms with Crippen LogP contribution in [0.4, 0.5) is 0 Å². The quantitative estimate of drug-likeness (QED) is 0.812. The third-order valence-corrected chi connectivity index (χ3v) is 5.81. The molecule has 0 aliphatic heterocycles. The molecule has 1 saturated carbocycles. The summed E-state index contributed by atoms with van der Waals surface area (Å²) in [7, 11) is -7.63. The van der Waals surface area contributed by atoms with Crippen molar-refractivity contribution in [2.75, 3.05) is 6.26 Å². The third-order valence-electron chi connectivity index (χ3n) is 3.36. The van der Waals surface area contributed by atoms with Crippen LogP contribution in [0.2, 0.25) is 0 Å². The van der Waals surface area contributed by atoms with Gasteiger partial charge in [-0.2, -0.15) is 0 Å². The highest BCUT2D eigenvalue weighted by Gasteiger charge is 2.24. The van der Waals surface area contributed by atoms with E-state index in [2.05, 4.69) is 0 Å². The van der Waals surface area contributed by atoms with E-state index in [4.69, 9.17) is 0 Å². The lowest BCUT2D eigenvalue weighted by Gasteiger charge is -2.07. The number of hydrogen-bond acceptors (Lipinski definition) is 5. The number of nitrogens with one attached hydrogen (secondary N) is 1. The number of allylic oxidation sites excluding steroid dienone is 1. The molecule has 6 nitrogen and oxygen atoms in total. The Morgan fingerprint density at radius 1 is 1.18 bits per heavy atom. The highest BCUT2D eigenvalue weighted by atomic mass is 32.2. The number of hydrogen-bond donors (Lipinski definition) is 1. The van der Waals surface area contributed by atoms with Gasteiger partial charge in [0.1, 0.15) is 0 Å². The van der Waals surface area contributed by atoms with Gasteiger partial charge in [-0.3, -0.25) is 4.79 Å². The van der Waals surface area contributed by atoms with E-state index in [1.165, 1.54) is 24.3 Å². The molecule has 0 radical (unpaired) electrons. The van der Waals surface area contributed by atoms with Crippen LogP contribution in [-0.2, 0) is 24.7 Å². The fourth-order valence-corrected chi connectivity index (χ4v) is 3.68. The van der Waals surface area contributed by atoms with Crippen molar-refractivity contribution in [3.63, 3.8) is 0 Å². The molecule has 120 valence electrons. The molecule has 0 spiro atoms. The van der Waals surface area contributed by atoms with Gasteiger partial charge in [0.2, 0.25) is 0 Å². The molecule has 1 aromatic rings. The highest BCUT2D eigenvalue weighted by molar-refractivity contribution is 7.91. The predicted octanol–water partition coefficient (Wildman–Crippen LogP) is 1.25. The van der Waals surface area contributed by atoms with Crippen molar-refractivity contribution in [2.24, 2.45) is 5.92 Å². The zero-order valence-electron chi connectivity index (χ0n) is 12.2. The number of benzene rings is 1. The molecule has 0 aromatic heterocycles. The van der Waals surface area contributed by atoms with Crippen LogP contribution < -0.4 is 4.72 Å². The molecule has 8 heteroatoms. The van der Waals surface area contributed by atoms with E-state index in [9.17, 15) is 21.6 Å². The minimum Gasteiger partial charge on any atom is -0.269 e. The normalized spacial score (nSPS) is 16.4. The van der Waals surface area contributed by atoms with Crippen molar-refractivity contribution in [1.82, 2.24) is 4.72 Å². The maximum atomic E-state index is 12.1. The average Bonchev–Trinajstić information content (AvgIpc) is 3.21. The second-order valence-corrected chi connectivity index (χ2v) is 9.08. The first kappa shape index (κ1) is 16.7. The monoisotopic (exact) mass is 343 g/mol. The van der Waals surface area contributed by atoms with E-state index < -0.39 is 25.8 Å². The molecule has 22 heavy (non-hydrogen) atoms. The maximum Gasteiger partial charge on any atom is 0.264 e. The summed E-state index contributed by atoms with van der Waals surface area (Å²) in [5.41, 5.74) is 0.845. The second-order valence-electron chi connectivity index (χ2n) is 5.38. The first-order chi connectivity index (χ1) is 10.1. The van der Waals surface area contributed by atoms with Gasteiger partial charge in [0.05, 0.1) is 9.79 Å². The number of sulfone groups is 1. The van der Waals surface area contributed by atoms with Crippen molar-refractivity contribution in [1.29, 1.82) is 0 Å². The molecule has 0 saturated heterocycles. The fraction of sp³-hybridized carbons (Fsp3) is 0.357. The molecule has 1 N–H and O–H groups in total. The summed E-state index contributed by atoms with van der Waals surface area (Å²) in [5, 5.41) is 0. The smallest absolute Gasteiger partial charge is 0.264 e. The highest BCUT2D eigenvalue weighted by Crippen LogP contribution is 2.35. The molecule has 1 aliphatic rings. The molecule has 1 aliphatic carbocycles. The average molecular weight is 343 g/mol. The van der Waals surface area contributed by atoms with Crippen LogP contribution >= 0.6 is 0 Å². The van der Waals surface area contributed by atoms with Crippen LogP contribution in [0.3, 0.4) is 0 Å². The molecule has 0 atom stereocenters. The Bertz CT molecular complexity index is 834. The summed E-state index contributed by atoms with van der Waals surface area (Å²) in [6.45, 7) is 1.79. The van der Waals surface area contributed by atoms with Gasteiger partial charge >= 0.3 is 0 Å². The Balaban J connectivity index is 2.23. The summed E-state index contributed by atoms with van der Waals surface area (Å²) < 4.78 is 49.1. The van der Waals surface area contributed by atoms with Crippen LogP contribution in [0, 0.1) is 5.92 Å². The number of carbonyl (C=O) groups is 1. The standard InChI is InChI=1S/C14H17NO5S2/c1-10(11-6-7-11)8-14(16)15-22(19,20)13-5-3-4-12(9-13)21(2,17)18/h3-5,8-9,11H,6-7H2,1-2H3,(H,15,16)/b10-8+. The van der Waals surface area contributed by atoms with Gasteiger partial charge in [-0.15, -0.1) is 0 Å². The van der Waals surface area contributed by atoms with Gasteiger partial charge in [-0.05, 0) is 43.9 Å². The van der Waals surface area contributed by atoms with E-state index in [0.29, 0.717) is 5.92 Å². The van der Waals surface area contributed by atoms with Crippen LogP contribution in [0.5, 0.6) is 0 Å². The number of sulfonamides is 1. The number of carbonyl (C=O) groups excluding carboxylic acids is 1. The topological polar surface area (TPSA) is 97.4 Å². The van der Waals surface area contributed by atoms with Crippen LogP contribution in [0.15, 0.2) is 45.7 Å². The first-order valence-corrected chi connectivity index (χ1v) is 10.0. The van der Waals surface area contributed by atoms with E-state index in [1.807, 2.05) is 4.72 Å². The summed E-state index contributed by atoms with van der Waals surface area (Å²) in [5.74, 6) is -0.365. The second kappa shape index (κ2) is 5.85. The Morgan fingerprint density at radius 3 is 2.32 bits per heavy atom. The molecular weight excluding hydrogens is 326 g/mol. The molecule has 1 aromatic carbocycles. The Kier molecular flexibility index (Phi) is 4.44. The van der Waals surface area contributed by atoms with Crippen molar-refractivity contribution in [2.45, 2.75) is 29.6 Å². The largest absolute Gasteiger partial charge is 0.269 e. The fourth-order valence-electron chi connectivity index (χ4n) is 1.96. The van der Waals surface area contributed by atoms with E-state index in [-0.39, 0.29) is 9.79 Å². The lowest BCUT2D eigenvalue weighted by Crippen LogP contribution is -2.29. The summed E-state index contributed by atoms with van der Waals surface area (Å²) in [6.07, 6.45) is 4.28. The van der Waals surface area contributed by atoms with Crippen molar-refractivity contribution < 1.29 is 21.6 Å². The zero-order chi connectivity index (χ0) is 16.5. The Morgan fingerprint density at radius 2 is 1.77 bits per heavy atom. The predicted molar refractivity (Wildman–Crippen MR) is 81.4 cm³/mol. The molecule has 0 bridgehead atoms. The summed E-state index contributed by atoms with van der Waals surface area (Å²) in [4.78, 5) is 11.4. The van der Waals surface area contributed by atoms with Crippen molar-refractivity contribution in [3.8, 4) is 0 Å². The van der Waals surface area contributed by atoms with Gasteiger partial charge in [0.25, 0.3) is 15.9 Å². The molecular formula is C14H17NO5S2. The summed E-state index contributed by atoms with van der Waals surface area (Å²) >= 11 is 0. The molecule has 2 rings (SSSR count). The first-order valence-electron chi connectivity index (χ1n) is 6.65. The molecule has 1 fully saturated rings. The van der Waals surface area contributed by atoms with Gasteiger partial charge in [0, 0.05) is 12.3 Å². The lowest BCUT2D eigenvalue weighted by atomic mass is 10.2. The third kappa shape index (κ3) is 4.17. The van der Waals surface area contributed by atoms with Crippen LogP contribution in [-0.4, -0.2) is 29.0 Å². The lowest BCUT2D eigenvalue weighted by molar-refractivity contribution is -0.114. The van der Waals surface area contributed by atoms with Gasteiger partial charge in [-0.25, -0.2) is 21.6 Å². The van der Waals surface area contributed by atoms with E-state index >= 15 is 0 Å². The minimum absolute atomic E-state index is 0.118. The van der Waals surface area contributed by atoms with E-state index in [0.717, 1.165) is 30.7 Å². The van der Waals surface area contributed by atoms with Crippen LogP contribution in [0.1, 0.15) is 19.8 Å². The number of rotatable bonds is 5. The van der Waals surface area contributed by atoms with Gasteiger partial charge < -0.3 is 0 Å². The van der Waals surface area contributed by atoms with Gasteiger partial charge in [-0.1, -0.05) is 11.6 Å². The van der Waals surface area contributed by atoms with E-state index in [1.54, 1.807) is 6.92 Å². The molecule has 1 amide bonds. The van der Waals surface area contributed by atoms with Crippen molar-refractivity contribution >= 4 is 25.8 Å².